The Morgan fingerprint density at radius 2 is 1.82 bits per heavy atom. The zero-order chi connectivity index (χ0) is 20.7. The van der Waals surface area contributed by atoms with E-state index in [0.717, 1.165) is 11.6 Å². The van der Waals surface area contributed by atoms with Crippen LogP contribution in [0.1, 0.15) is 29.8 Å². The Morgan fingerprint density at radius 3 is 2.43 bits per heavy atom. The zero-order valence-electron chi connectivity index (χ0n) is 15.7. The molecule has 0 unspecified atom stereocenters. The van der Waals surface area contributed by atoms with E-state index in [2.05, 4.69) is 10.6 Å². The summed E-state index contributed by atoms with van der Waals surface area (Å²) in [7, 11) is 1.26. The second-order valence-electron chi connectivity index (χ2n) is 6.01. The summed E-state index contributed by atoms with van der Waals surface area (Å²) in [6.45, 7) is 2.74. The average molecular weight is 388 g/mol. The highest BCUT2D eigenvalue weighted by Crippen LogP contribution is 2.27. The number of ether oxygens (including phenoxy) is 2. The number of halogens is 1. The van der Waals surface area contributed by atoms with Crippen LogP contribution >= 0.6 is 0 Å². The van der Waals surface area contributed by atoms with Crippen molar-refractivity contribution >= 4 is 23.5 Å². The van der Waals surface area contributed by atoms with Gasteiger partial charge in [0.15, 0.2) is 17.3 Å². The van der Waals surface area contributed by atoms with E-state index in [0.29, 0.717) is 0 Å². The number of nitrogens with one attached hydrogen (secondary N) is 2. The number of Topliss-reactive ketones (excluding diaryl/α,β-unsaturated/α-hetero) is 1. The molecule has 8 heteroatoms. The lowest BCUT2D eigenvalue weighted by Crippen LogP contribution is -2.39. The first-order valence-corrected chi connectivity index (χ1v) is 8.48. The molecule has 0 saturated carbocycles. The van der Waals surface area contributed by atoms with E-state index < -0.39 is 29.6 Å². The lowest BCUT2D eigenvalue weighted by atomic mass is 10.0. The molecule has 2 aromatic rings. The third-order valence-corrected chi connectivity index (χ3v) is 3.81. The van der Waals surface area contributed by atoms with Gasteiger partial charge >= 0.3 is 6.09 Å². The van der Waals surface area contributed by atoms with Crippen LogP contribution in [0, 0.1) is 5.82 Å². The molecule has 0 aromatic heterocycles. The number of carbonyl (C=O) groups is 3. The quantitative estimate of drug-likeness (QED) is 0.710. The number of amides is 2. The normalized spacial score (nSPS) is 11.3. The molecule has 0 aliphatic carbocycles. The monoisotopic (exact) mass is 388 g/mol. The summed E-state index contributed by atoms with van der Waals surface area (Å²) < 4.78 is 23.9. The van der Waals surface area contributed by atoms with Crippen LogP contribution in [-0.4, -0.2) is 30.9 Å². The van der Waals surface area contributed by atoms with E-state index in [4.69, 9.17) is 9.47 Å². The van der Waals surface area contributed by atoms with Gasteiger partial charge in [-0.3, -0.25) is 9.59 Å². The molecule has 0 saturated heterocycles. The predicted octanol–water partition coefficient (Wildman–Crippen LogP) is 3.29. The van der Waals surface area contributed by atoms with E-state index in [1.165, 1.54) is 27.0 Å². The van der Waals surface area contributed by atoms with Gasteiger partial charge in [0.25, 0.3) is 0 Å². The average Bonchev–Trinajstić information content (AvgIpc) is 2.66. The fraction of sp³-hybridized carbons (Fsp3) is 0.250. The molecule has 0 radical (unpaired) electrons. The number of carbonyl (C=O) groups excluding carboxylic acids is 3. The van der Waals surface area contributed by atoms with E-state index in [1.54, 1.807) is 12.1 Å². The second kappa shape index (κ2) is 9.50. The maximum atomic E-state index is 13.9. The van der Waals surface area contributed by atoms with Gasteiger partial charge in [-0.25, -0.2) is 9.18 Å². The van der Waals surface area contributed by atoms with Crippen LogP contribution in [0.4, 0.5) is 14.9 Å². The molecule has 0 aliphatic heterocycles. The number of anilines is 1. The van der Waals surface area contributed by atoms with Crippen molar-refractivity contribution in [3.05, 3.63) is 59.4 Å². The first-order valence-electron chi connectivity index (χ1n) is 8.48. The lowest BCUT2D eigenvalue weighted by Gasteiger charge is -2.17. The molecule has 2 amide bonds. The van der Waals surface area contributed by atoms with Crippen molar-refractivity contribution in [1.29, 1.82) is 0 Å². The predicted molar refractivity (Wildman–Crippen MR) is 101 cm³/mol. The Kier molecular flexibility index (Phi) is 7.08. The van der Waals surface area contributed by atoms with Crippen molar-refractivity contribution in [1.82, 2.24) is 5.32 Å². The van der Waals surface area contributed by atoms with Gasteiger partial charge in [-0.1, -0.05) is 30.3 Å². The number of hydrogen-bond donors (Lipinski definition) is 2. The zero-order valence-corrected chi connectivity index (χ0v) is 15.7. The van der Waals surface area contributed by atoms with E-state index in [1.807, 2.05) is 18.2 Å². The van der Waals surface area contributed by atoms with Crippen LogP contribution < -0.4 is 15.4 Å². The minimum Gasteiger partial charge on any atom is -0.494 e. The molecule has 2 aromatic carbocycles. The Bertz CT molecular complexity index is 870. The van der Waals surface area contributed by atoms with Crippen LogP contribution in [0.25, 0.3) is 0 Å². The van der Waals surface area contributed by atoms with Gasteiger partial charge in [0.2, 0.25) is 5.91 Å². The standard InChI is InChI=1S/C20H21FN2O5/c1-12(22-20(26)28-11-14-7-5-4-6-8-14)19(25)15-9-18(27-3)16(21)10-17(15)23-13(2)24/h4-10,12H,11H2,1-3H3,(H,22,26)(H,23,24)/t12-/m0/s1. The van der Waals surface area contributed by atoms with Gasteiger partial charge in [-0.2, -0.15) is 0 Å². The molecule has 7 nitrogen and oxygen atoms in total. The van der Waals surface area contributed by atoms with Crippen molar-refractivity contribution in [2.24, 2.45) is 0 Å². The van der Waals surface area contributed by atoms with E-state index in [-0.39, 0.29) is 23.6 Å². The van der Waals surface area contributed by atoms with Crippen molar-refractivity contribution in [2.75, 3.05) is 12.4 Å². The summed E-state index contributed by atoms with van der Waals surface area (Å²) in [5.74, 6) is -1.90. The van der Waals surface area contributed by atoms with Crippen LogP contribution in [-0.2, 0) is 16.1 Å². The third-order valence-electron chi connectivity index (χ3n) is 3.81. The fourth-order valence-electron chi connectivity index (χ4n) is 2.45. The SMILES string of the molecule is COc1cc(C(=O)[C@H](C)NC(=O)OCc2ccccc2)c(NC(C)=O)cc1F. The second-order valence-corrected chi connectivity index (χ2v) is 6.01. The summed E-state index contributed by atoms with van der Waals surface area (Å²) in [6, 6.07) is 10.3. The number of methoxy groups -OCH3 is 1. The van der Waals surface area contributed by atoms with Crippen molar-refractivity contribution in [3.8, 4) is 5.75 Å². The molecular formula is C20H21FN2O5. The molecule has 0 spiro atoms. The lowest BCUT2D eigenvalue weighted by molar-refractivity contribution is -0.114. The highest BCUT2D eigenvalue weighted by molar-refractivity contribution is 6.08. The molecule has 1 atom stereocenters. The summed E-state index contributed by atoms with van der Waals surface area (Å²) in [4.78, 5) is 36.1. The van der Waals surface area contributed by atoms with Crippen LogP contribution in [0.2, 0.25) is 0 Å². The minimum atomic E-state index is -0.981. The first kappa shape index (κ1) is 20.9. The number of rotatable bonds is 7. The summed E-state index contributed by atoms with van der Waals surface area (Å²) in [5.41, 5.74) is 0.791. The molecule has 28 heavy (non-hydrogen) atoms. The molecule has 0 bridgehead atoms. The molecule has 0 fully saturated rings. The van der Waals surface area contributed by atoms with Gasteiger partial charge in [0, 0.05) is 18.6 Å². The van der Waals surface area contributed by atoms with Gasteiger partial charge in [-0.15, -0.1) is 0 Å². The van der Waals surface area contributed by atoms with Crippen LogP contribution in [0.15, 0.2) is 42.5 Å². The number of benzene rings is 2. The maximum Gasteiger partial charge on any atom is 0.408 e. The van der Waals surface area contributed by atoms with Crippen molar-refractivity contribution in [2.45, 2.75) is 26.5 Å². The molecule has 0 heterocycles. The summed E-state index contributed by atoms with van der Waals surface area (Å²) >= 11 is 0. The summed E-state index contributed by atoms with van der Waals surface area (Å²) in [5, 5.41) is 4.83. The van der Waals surface area contributed by atoms with Gasteiger partial charge in [-0.05, 0) is 18.6 Å². The first-order chi connectivity index (χ1) is 13.3. The van der Waals surface area contributed by atoms with Crippen LogP contribution in [0.3, 0.4) is 0 Å². The Hall–Kier alpha value is -3.42. The Balaban J connectivity index is 2.10. The van der Waals surface area contributed by atoms with Crippen LogP contribution in [0.5, 0.6) is 5.75 Å². The minimum absolute atomic E-state index is 0.00399. The topological polar surface area (TPSA) is 93.7 Å². The summed E-state index contributed by atoms with van der Waals surface area (Å²) in [6.07, 6.45) is -0.778. The van der Waals surface area contributed by atoms with Crippen molar-refractivity contribution in [3.63, 3.8) is 0 Å². The van der Waals surface area contributed by atoms with Gasteiger partial charge in [0.05, 0.1) is 18.8 Å². The fourth-order valence-corrected chi connectivity index (χ4v) is 2.45. The Labute approximate surface area is 161 Å². The van der Waals surface area contributed by atoms with Gasteiger partial charge < -0.3 is 20.1 Å². The molecular weight excluding hydrogens is 367 g/mol. The smallest absolute Gasteiger partial charge is 0.408 e. The number of hydrogen-bond acceptors (Lipinski definition) is 5. The largest absolute Gasteiger partial charge is 0.494 e. The highest BCUT2D eigenvalue weighted by atomic mass is 19.1. The molecule has 0 aliphatic rings. The molecule has 2 rings (SSSR count). The molecule has 2 N–H and O–H groups in total. The number of ketones is 1. The third kappa shape index (κ3) is 5.54. The number of alkyl carbamates (subject to hydrolysis) is 1. The molecule has 148 valence electrons. The van der Waals surface area contributed by atoms with Crippen molar-refractivity contribution < 1.29 is 28.2 Å². The van der Waals surface area contributed by atoms with Gasteiger partial charge in [0.1, 0.15) is 6.61 Å². The van der Waals surface area contributed by atoms with E-state index >= 15 is 0 Å². The maximum absolute atomic E-state index is 13.9. The highest BCUT2D eigenvalue weighted by Gasteiger charge is 2.23. The van der Waals surface area contributed by atoms with E-state index in [9.17, 15) is 18.8 Å². The Morgan fingerprint density at radius 1 is 1.14 bits per heavy atom.